The molecule has 0 N–H and O–H groups in total. The Bertz CT molecular complexity index is 942. The van der Waals surface area contributed by atoms with E-state index >= 15 is 0 Å². The van der Waals surface area contributed by atoms with E-state index < -0.39 is 37.2 Å². The number of rotatable bonds is 6. The average molecular weight is 477 g/mol. The quantitative estimate of drug-likeness (QED) is 0.588. The number of nitrogens with zero attached hydrogens (tertiary/aromatic N) is 2. The van der Waals surface area contributed by atoms with E-state index in [2.05, 4.69) is 0 Å². The lowest BCUT2D eigenvalue weighted by Crippen LogP contribution is -2.51. The van der Waals surface area contributed by atoms with Crippen molar-refractivity contribution in [2.45, 2.75) is 48.2 Å². The maximum absolute atomic E-state index is 13.0. The fourth-order valence-corrected chi connectivity index (χ4v) is 5.71. The molecule has 0 atom stereocenters. The van der Waals surface area contributed by atoms with Gasteiger partial charge in [0.25, 0.3) is 9.05 Å². The van der Waals surface area contributed by atoms with Crippen molar-refractivity contribution in [1.29, 1.82) is 0 Å². The van der Waals surface area contributed by atoms with Crippen LogP contribution in [0.1, 0.15) is 26.2 Å². The van der Waals surface area contributed by atoms with Gasteiger partial charge in [-0.25, -0.2) is 16.8 Å². The van der Waals surface area contributed by atoms with Crippen LogP contribution in [0.25, 0.3) is 0 Å². The second-order valence-corrected chi connectivity index (χ2v) is 11.0. The molecular formula is C16H20ClF3N2O5S2. The molecule has 0 spiro atoms. The van der Waals surface area contributed by atoms with E-state index in [1.54, 1.807) is 6.92 Å². The molecule has 1 aromatic carbocycles. The van der Waals surface area contributed by atoms with Gasteiger partial charge in [-0.15, -0.1) is 0 Å². The minimum atomic E-state index is -4.97. The van der Waals surface area contributed by atoms with Crippen LogP contribution in [0.2, 0.25) is 0 Å². The molecule has 1 fully saturated rings. The monoisotopic (exact) mass is 476 g/mol. The summed E-state index contributed by atoms with van der Waals surface area (Å²) in [7, 11) is -2.80. The van der Waals surface area contributed by atoms with Gasteiger partial charge in [0, 0.05) is 36.4 Å². The van der Waals surface area contributed by atoms with Crippen LogP contribution in [0.4, 0.5) is 13.2 Å². The highest BCUT2D eigenvalue weighted by molar-refractivity contribution is 8.13. The topological polar surface area (TPSA) is 91.8 Å². The molecule has 0 radical (unpaired) electrons. The molecular weight excluding hydrogens is 457 g/mol. The molecule has 2 rings (SSSR count). The summed E-state index contributed by atoms with van der Waals surface area (Å²) in [6.45, 7) is 1.48. The summed E-state index contributed by atoms with van der Waals surface area (Å²) in [6, 6.07) is 3.81. The van der Waals surface area contributed by atoms with Crippen molar-refractivity contribution >= 4 is 35.7 Å². The molecule has 0 aliphatic carbocycles. The van der Waals surface area contributed by atoms with Gasteiger partial charge >= 0.3 is 12.1 Å². The number of carbonyl (C=O) groups excluding carboxylic acids is 1. The Morgan fingerprint density at radius 2 is 1.59 bits per heavy atom. The third-order valence-electron chi connectivity index (χ3n) is 4.56. The fraction of sp³-hybridized carbons (Fsp3) is 0.562. The van der Waals surface area contributed by atoms with Crippen LogP contribution >= 0.6 is 10.7 Å². The lowest BCUT2D eigenvalue weighted by Gasteiger charge is -2.37. The Labute approximate surface area is 171 Å². The van der Waals surface area contributed by atoms with Crippen molar-refractivity contribution < 1.29 is 34.8 Å². The maximum Gasteiger partial charge on any atom is 0.471 e. The third-order valence-corrected chi connectivity index (χ3v) is 7.89. The highest BCUT2D eigenvalue weighted by Gasteiger charge is 2.44. The molecule has 1 saturated heterocycles. The smallest absolute Gasteiger partial charge is 0.335 e. The number of sulfonamides is 1. The minimum Gasteiger partial charge on any atom is -0.335 e. The van der Waals surface area contributed by atoms with E-state index in [1.165, 1.54) is 4.31 Å². The molecule has 0 unspecified atom stereocenters. The Morgan fingerprint density at radius 1 is 1.10 bits per heavy atom. The normalized spacial score (nSPS) is 17.0. The molecule has 1 aliphatic heterocycles. The molecule has 0 aromatic heterocycles. The minimum absolute atomic E-state index is 0.0647. The van der Waals surface area contributed by atoms with Crippen molar-refractivity contribution in [2.24, 2.45) is 0 Å². The van der Waals surface area contributed by atoms with E-state index in [9.17, 15) is 34.8 Å². The van der Waals surface area contributed by atoms with Crippen LogP contribution in [0, 0.1) is 0 Å². The van der Waals surface area contributed by atoms with Crippen LogP contribution in [-0.2, 0) is 23.9 Å². The van der Waals surface area contributed by atoms with E-state index in [4.69, 9.17) is 10.7 Å². The Kier molecular flexibility index (Phi) is 7.24. The van der Waals surface area contributed by atoms with Crippen LogP contribution in [0.5, 0.6) is 0 Å². The molecule has 0 saturated carbocycles. The summed E-state index contributed by atoms with van der Waals surface area (Å²) >= 11 is 0. The van der Waals surface area contributed by atoms with Crippen LogP contribution in [0.15, 0.2) is 34.1 Å². The van der Waals surface area contributed by atoms with Crippen molar-refractivity contribution in [3.63, 3.8) is 0 Å². The van der Waals surface area contributed by atoms with E-state index in [0.717, 1.165) is 24.3 Å². The van der Waals surface area contributed by atoms with Gasteiger partial charge in [0.1, 0.15) is 0 Å². The van der Waals surface area contributed by atoms with Crippen LogP contribution in [-0.4, -0.2) is 63.8 Å². The predicted molar refractivity (Wildman–Crippen MR) is 99.3 cm³/mol. The van der Waals surface area contributed by atoms with Crippen molar-refractivity contribution in [1.82, 2.24) is 9.21 Å². The highest BCUT2D eigenvalue weighted by atomic mass is 35.7. The fourth-order valence-electron chi connectivity index (χ4n) is 3.17. The zero-order valence-electron chi connectivity index (χ0n) is 15.4. The molecule has 0 bridgehead atoms. The summed E-state index contributed by atoms with van der Waals surface area (Å²) in [5.74, 6) is -1.93. The molecule has 1 aromatic rings. The number of hydrogen-bond donors (Lipinski definition) is 0. The largest absolute Gasteiger partial charge is 0.471 e. The molecule has 7 nitrogen and oxygen atoms in total. The molecule has 1 aliphatic rings. The first-order valence-corrected chi connectivity index (χ1v) is 12.5. The van der Waals surface area contributed by atoms with Gasteiger partial charge < -0.3 is 4.90 Å². The Balaban J connectivity index is 2.22. The summed E-state index contributed by atoms with van der Waals surface area (Å²) in [5.41, 5.74) is 0. The summed E-state index contributed by atoms with van der Waals surface area (Å²) in [4.78, 5) is 11.6. The standard InChI is InChI=1S/C16H20ClF3N2O5S2/c1-2-9-22(12-7-10-21(11-8-12)15(23)16(18,19)20)29(26,27)14-5-3-13(4-6-14)28(17,24)25/h3-6,12H,2,7-11H2,1H3. The number of amides is 1. The number of hydrogen-bond acceptors (Lipinski definition) is 5. The SMILES string of the molecule is CCCN(C1CCN(C(=O)C(F)(F)F)CC1)S(=O)(=O)c1ccc(S(=O)(=O)Cl)cc1. The Morgan fingerprint density at radius 3 is 2.00 bits per heavy atom. The van der Waals surface area contributed by atoms with Crippen molar-refractivity contribution in [2.75, 3.05) is 19.6 Å². The first-order chi connectivity index (χ1) is 13.3. The third kappa shape index (κ3) is 5.62. The number of alkyl halides is 3. The number of halogens is 4. The number of benzene rings is 1. The zero-order chi connectivity index (χ0) is 22.0. The number of carbonyl (C=O) groups is 1. The highest BCUT2D eigenvalue weighted by Crippen LogP contribution is 2.28. The van der Waals surface area contributed by atoms with Gasteiger partial charge in [-0.2, -0.15) is 17.5 Å². The lowest BCUT2D eigenvalue weighted by molar-refractivity contribution is -0.186. The van der Waals surface area contributed by atoms with Crippen molar-refractivity contribution in [3.8, 4) is 0 Å². The summed E-state index contributed by atoms with van der Waals surface area (Å²) in [6.07, 6.45) is -4.37. The first kappa shape index (κ1) is 23.9. The van der Waals surface area contributed by atoms with E-state index in [0.29, 0.717) is 11.3 Å². The van der Waals surface area contributed by atoms with E-state index in [1.807, 2.05) is 0 Å². The van der Waals surface area contributed by atoms with Gasteiger partial charge in [-0.1, -0.05) is 6.92 Å². The predicted octanol–water partition coefficient (Wildman–Crippen LogP) is 2.57. The van der Waals surface area contributed by atoms with Gasteiger partial charge in [-0.3, -0.25) is 4.79 Å². The molecule has 13 heteroatoms. The maximum atomic E-state index is 13.0. The molecule has 164 valence electrons. The second-order valence-electron chi connectivity index (χ2n) is 6.55. The summed E-state index contributed by atoms with van der Waals surface area (Å²) in [5, 5.41) is 0. The van der Waals surface area contributed by atoms with Crippen molar-refractivity contribution in [3.05, 3.63) is 24.3 Å². The number of piperidine rings is 1. The van der Waals surface area contributed by atoms with Crippen LogP contribution in [0.3, 0.4) is 0 Å². The molecule has 29 heavy (non-hydrogen) atoms. The van der Waals surface area contributed by atoms with E-state index in [-0.39, 0.29) is 42.3 Å². The number of likely N-dealkylation sites (tertiary alicyclic amines) is 1. The molecule has 1 heterocycles. The van der Waals surface area contributed by atoms with Gasteiger partial charge in [0.2, 0.25) is 10.0 Å². The second kappa shape index (κ2) is 8.78. The molecule has 1 amide bonds. The van der Waals surface area contributed by atoms with Crippen LogP contribution < -0.4 is 0 Å². The van der Waals surface area contributed by atoms with Gasteiger partial charge in [0.05, 0.1) is 9.79 Å². The zero-order valence-corrected chi connectivity index (χ0v) is 17.8. The van der Waals surface area contributed by atoms with Gasteiger partial charge in [-0.05, 0) is 43.5 Å². The average Bonchev–Trinajstić information content (AvgIpc) is 2.64. The summed E-state index contributed by atoms with van der Waals surface area (Å²) < 4.78 is 87.7. The Hall–Kier alpha value is -1.37. The lowest BCUT2D eigenvalue weighted by atomic mass is 10.0. The van der Waals surface area contributed by atoms with Gasteiger partial charge in [0.15, 0.2) is 0 Å². The first-order valence-electron chi connectivity index (χ1n) is 8.71.